The maximum absolute atomic E-state index is 13.0. The second-order valence-corrected chi connectivity index (χ2v) is 23.0. The third-order valence-corrected chi connectivity index (χ3v) is 17.0. The molecule has 0 saturated carbocycles. The van der Waals surface area contributed by atoms with Gasteiger partial charge >= 0.3 is 0 Å². The van der Waals surface area contributed by atoms with Crippen LogP contribution in [0, 0.1) is 13.8 Å². The first-order chi connectivity index (χ1) is 29.4. The van der Waals surface area contributed by atoms with Crippen molar-refractivity contribution in [3.63, 3.8) is 0 Å². The van der Waals surface area contributed by atoms with Gasteiger partial charge < -0.3 is 9.80 Å². The van der Waals surface area contributed by atoms with Gasteiger partial charge in [-0.3, -0.25) is 0 Å². The van der Waals surface area contributed by atoms with E-state index in [1.807, 2.05) is 17.5 Å². The number of halogens is 6. The molecule has 0 atom stereocenters. The molecule has 0 unspecified atom stereocenters. The molecule has 4 heterocycles. The third kappa shape index (κ3) is 11.9. The molecule has 2 fully saturated rings. The van der Waals surface area contributed by atoms with Crippen LogP contribution in [0.25, 0.3) is 0 Å². The summed E-state index contributed by atoms with van der Waals surface area (Å²) in [6.07, 6.45) is 1.42. The van der Waals surface area contributed by atoms with Crippen molar-refractivity contribution in [3.05, 3.63) is 147 Å². The van der Waals surface area contributed by atoms with Crippen LogP contribution in [0.1, 0.15) is 33.6 Å². The number of sulfonamides is 2. The lowest BCUT2D eigenvalue weighted by molar-refractivity contribution is 0.384. The molecule has 0 N–H and O–H groups in total. The number of piperazine rings is 2. The Balaban J connectivity index is 0.000000186. The Morgan fingerprint density at radius 3 is 1.15 bits per heavy atom. The molecule has 2 aliphatic rings. The smallest absolute Gasteiger partial charge is 0.243 e. The largest absolute Gasteiger partial charge is 0.345 e. The molecule has 2 aliphatic heterocycles. The number of aromatic nitrogens is 2. The molecular formula is C42H40Cl6N6O4S4. The number of rotatable bonds is 10. The van der Waals surface area contributed by atoms with E-state index in [2.05, 4.69) is 47.2 Å². The monoisotopic (exact) mass is 1030 g/mol. The van der Waals surface area contributed by atoms with Gasteiger partial charge in [0.15, 0.2) is 10.3 Å². The van der Waals surface area contributed by atoms with Crippen LogP contribution >= 0.6 is 92.3 Å². The lowest BCUT2D eigenvalue weighted by Gasteiger charge is -2.33. The van der Waals surface area contributed by atoms with Crippen molar-refractivity contribution in [1.82, 2.24) is 18.6 Å². The maximum atomic E-state index is 13.0. The lowest BCUT2D eigenvalue weighted by Crippen LogP contribution is -2.48. The standard InChI is InChI=1S/C22H23Cl2N3O2S2.C20H17Cl4N3O2S2/c1-15-7-16(2)9-17(8-15)10-20-14-30-22(25-20)26-3-5-27(6-4-26)31(28,29)21-12-18(23)11-19(24)13-21;21-14-5-13(6-15(22)8-14)7-18-12-30-20(25-18)26-1-3-27(4-2-26)31(28,29)19-10-16(23)9-17(24)11-19/h7-9,11-14H,3-6,10H2,1-2H3;5-6,8-12H,1-4,7H2. The number of thiazole rings is 2. The van der Waals surface area contributed by atoms with E-state index in [1.54, 1.807) is 17.4 Å². The molecule has 2 aromatic heterocycles. The SMILES string of the molecule is Cc1cc(C)cc(Cc2csc(N3CCN(S(=O)(=O)c4cc(Cl)cc(Cl)c4)CC3)n2)c1.O=S(=O)(c1cc(Cl)cc(Cl)c1)N1CCN(c2nc(Cc3cc(Cl)cc(Cl)c3)cs2)CC1. The first-order valence-corrected chi connectivity index (χ1v) is 26.2. The summed E-state index contributed by atoms with van der Waals surface area (Å²) in [6.45, 7) is 7.95. The third-order valence-electron chi connectivity index (χ3n) is 10.0. The summed E-state index contributed by atoms with van der Waals surface area (Å²) in [4.78, 5) is 14.0. The van der Waals surface area contributed by atoms with Crippen LogP contribution in [0.15, 0.2) is 93.3 Å². The van der Waals surface area contributed by atoms with E-state index in [9.17, 15) is 16.8 Å². The van der Waals surface area contributed by atoms with Gasteiger partial charge in [-0.15, -0.1) is 22.7 Å². The zero-order valence-electron chi connectivity index (χ0n) is 33.4. The highest BCUT2D eigenvalue weighted by atomic mass is 35.5. The van der Waals surface area contributed by atoms with Gasteiger partial charge in [0.25, 0.3) is 0 Å². The highest BCUT2D eigenvalue weighted by molar-refractivity contribution is 7.89. The highest BCUT2D eigenvalue weighted by Crippen LogP contribution is 2.31. The van der Waals surface area contributed by atoms with Crippen molar-refractivity contribution >= 4 is 123 Å². The molecule has 0 amide bonds. The maximum Gasteiger partial charge on any atom is 0.243 e. The number of hydrogen-bond donors (Lipinski definition) is 0. The minimum absolute atomic E-state index is 0.107. The van der Waals surface area contributed by atoms with E-state index in [4.69, 9.17) is 79.6 Å². The summed E-state index contributed by atoms with van der Waals surface area (Å²) in [5.74, 6) is 0. The minimum atomic E-state index is -3.66. The van der Waals surface area contributed by atoms with Gasteiger partial charge in [-0.1, -0.05) is 98.9 Å². The summed E-state index contributed by atoms with van der Waals surface area (Å²) < 4.78 is 54.8. The summed E-state index contributed by atoms with van der Waals surface area (Å²) in [6, 6.07) is 20.8. The number of hydrogen-bond acceptors (Lipinski definition) is 10. The van der Waals surface area contributed by atoms with Crippen LogP contribution in [-0.4, -0.2) is 87.8 Å². The van der Waals surface area contributed by atoms with E-state index < -0.39 is 20.0 Å². The van der Waals surface area contributed by atoms with Crippen molar-refractivity contribution in [2.45, 2.75) is 36.5 Å². The zero-order chi connectivity index (χ0) is 44.3. The Morgan fingerprint density at radius 2 is 0.790 bits per heavy atom. The van der Waals surface area contributed by atoms with Gasteiger partial charge in [0.2, 0.25) is 20.0 Å². The van der Waals surface area contributed by atoms with E-state index in [1.165, 1.54) is 73.0 Å². The molecule has 0 spiro atoms. The molecule has 2 saturated heterocycles. The molecule has 4 aromatic carbocycles. The lowest BCUT2D eigenvalue weighted by atomic mass is 10.0. The molecule has 10 nitrogen and oxygen atoms in total. The van der Waals surface area contributed by atoms with Gasteiger partial charge in [-0.05, 0) is 79.6 Å². The number of aryl methyl sites for hydroxylation is 2. The molecule has 62 heavy (non-hydrogen) atoms. The van der Waals surface area contributed by atoms with E-state index in [0.717, 1.165) is 33.6 Å². The topological polar surface area (TPSA) is 107 Å². The average Bonchev–Trinajstić information content (AvgIpc) is 3.87. The van der Waals surface area contributed by atoms with Crippen LogP contribution in [0.4, 0.5) is 10.3 Å². The van der Waals surface area contributed by atoms with Crippen LogP contribution in [-0.2, 0) is 32.9 Å². The number of nitrogens with zero attached hydrogens (tertiary/aromatic N) is 6. The quantitative estimate of drug-likeness (QED) is 0.134. The fourth-order valence-corrected chi connectivity index (χ4v) is 13.9. The fourth-order valence-electron chi connectivity index (χ4n) is 7.24. The summed E-state index contributed by atoms with van der Waals surface area (Å²) >= 11 is 39.2. The molecule has 0 radical (unpaired) electrons. The van der Waals surface area contributed by atoms with Crippen LogP contribution in [0.5, 0.6) is 0 Å². The average molecular weight is 1030 g/mol. The molecule has 8 rings (SSSR count). The second kappa shape index (κ2) is 20.2. The molecule has 328 valence electrons. The Kier molecular flexibility index (Phi) is 15.4. The Bertz CT molecular complexity index is 2520. The van der Waals surface area contributed by atoms with Crippen LogP contribution < -0.4 is 9.80 Å². The first-order valence-electron chi connectivity index (χ1n) is 19.2. The van der Waals surface area contributed by atoms with Gasteiger partial charge in [0, 0.05) is 106 Å². The van der Waals surface area contributed by atoms with Gasteiger partial charge in [-0.2, -0.15) is 8.61 Å². The van der Waals surface area contributed by atoms with Crippen LogP contribution in [0.2, 0.25) is 30.1 Å². The van der Waals surface area contributed by atoms with E-state index >= 15 is 0 Å². The normalized spacial score (nSPS) is 15.4. The highest BCUT2D eigenvalue weighted by Gasteiger charge is 2.31. The van der Waals surface area contributed by atoms with E-state index in [-0.39, 0.29) is 9.79 Å². The number of benzene rings is 4. The molecule has 6 aromatic rings. The van der Waals surface area contributed by atoms with Crippen molar-refractivity contribution in [1.29, 1.82) is 0 Å². The molecule has 20 heteroatoms. The molecule has 0 bridgehead atoms. The number of anilines is 2. The summed E-state index contributed by atoms with van der Waals surface area (Å²) in [5.41, 5.74) is 6.71. The van der Waals surface area contributed by atoms with E-state index in [0.29, 0.717) is 88.9 Å². The zero-order valence-corrected chi connectivity index (χ0v) is 41.2. The minimum Gasteiger partial charge on any atom is -0.345 e. The predicted octanol–water partition coefficient (Wildman–Crippen LogP) is 11.0. The Hall–Kier alpha value is -2.70. The Morgan fingerprint density at radius 1 is 0.468 bits per heavy atom. The van der Waals surface area contributed by atoms with Crippen LogP contribution in [0.3, 0.4) is 0 Å². The fraction of sp³-hybridized carbons (Fsp3) is 0.286. The Labute approximate surface area is 400 Å². The van der Waals surface area contributed by atoms with Gasteiger partial charge in [0.1, 0.15) is 0 Å². The predicted molar refractivity (Wildman–Crippen MR) is 257 cm³/mol. The second-order valence-electron chi connectivity index (χ2n) is 14.9. The first kappa shape index (κ1) is 47.3. The van der Waals surface area contributed by atoms with Gasteiger partial charge in [-0.25, -0.2) is 26.8 Å². The van der Waals surface area contributed by atoms with Crippen molar-refractivity contribution in [3.8, 4) is 0 Å². The summed E-state index contributed by atoms with van der Waals surface area (Å²) in [7, 11) is -7.30. The van der Waals surface area contributed by atoms with Crippen molar-refractivity contribution in [2.24, 2.45) is 0 Å². The summed E-state index contributed by atoms with van der Waals surface area (Å²) in [5, 5.41) is 8.28. The molecule has 0 aliphatic carbocycles. The van der Waals surface area contributed by atoms with Crippen molar-refractivity contribution in [2.75, 3.05) is 62.2 Å². The molecular weight excluding hydrogens is 993 g/mol. The van der Waals surface area contributed by atoms with Gasteiger partial charge in [0.05, 0.1) is 21.2 Å². The van der Waals surface area contributed by atoms with Crippen molar-refractivity contribution < 1.29 is 16.8 Å².